The van der Waals surface area contributed by atoms with Crippen LogP contribution in [0.4, 0.5) is 4.79 Å². The Bertz CT molecular complexity index is 454. The Morgan fingerprint density at radius 1 is 1.37 bits per heavy atom. The standard InChI is InChI=1S/C15H19NO3/c17-10-13-8-15(9-13)6-7-16(15)14(18)19-11-12-4-2-1-3-5-12/h1-5,13,17H,6-11H2. The number of hydrogen-bond acceptors (Lipinski definition) is 3. The van der Waals surface area contributed by atoms with Crippen LogP contribution in [0.2, 0.25) is 0 Å². The lowest BCUT2D eigenvalue weighted by atomic mass is 9.62. The van der Waals surface area contributed by atoms with Gasteiger partial charge in [-0.1, -0.05) is 30.3 Å². The SMILES string of the molecule is O=C(OCc1ccccc1)N1CCC12CC(CO)C2. The number of aliphatic hydroxyl groups is 1. The molecule has 0 atom stereocenters. The number of aliphatic hydroxyl groups excluding tert-OH is 1. The summed E-state index contributed by atoms with van der Waals surface area (Å²) in [4.78, 5) is 13.9. The molecule has 102 valence electrons. The van der Waals surface area contributed by atoms with E-state index in [1.54, 1.807) is 0 Å². The molecule has 0 radical (unpaired) electrons. The van der Waals surface area contributed by atoms with Crippen LogP contribution in [0.1, 0.15) is 24.8 Å². The van der Waals surface area contributed by atoms with Crippen LogP contribution in [0.5, 0.6) is 0 Å². The molecule has 1 aliphatic heterocycles. The average molecular weight is 261 g/mol. The summed E-state index contributed by atoms with van der Waals surface area (Å²) >= 11 is 0. The molecule has 4 heteroatoms. The zero-order valence-electron chi connectivity index (χ0n) is 10.9. The van der Waals surface area contributed by atoms with Crippen LogP contribution in [-0.4, -0.2) is 34.8 Å². The van der Waals surface area contributed by atoms with Crippen LogP contribution in [0.3, 0.4) is 0 Å². The van der Waals surface area contributed by atoms with Crippen LogP contribution in [0, 0.1) is 5.92 Å². The van der Waals surface area contributed by atoms with Gasteiger partial charge in [0.1, 0.15) is 6.61 Å². The quantitative estimate of drug-likeness (QED) is 0.907. The Labute approximate surface area is 113 Å². The van der Waals surface area contributed by atoms with Crippen LogP contribution in [-0.2, 0) is 11.3 Å². The Morgan fingerprint density at radius 3 is 2.68 bits per heavy atom. The van der Waals surface area contributed by atoms with E-state index in [2.05, 4.69) is 0 Å². The normalized spacial score (nSPS) is 28.7. The highest BCUT2D eigenvalue weighted by Gasteiger charge is 2.56. The van der Waals surface area contributed by atoms with Gasteiger partial charge in [0.15, 0.2) is 0 Å². The average Bonchev–Trinajstić information content (AvgIpc) is 2.35. The van der Waals surface area contributed by atoms with Crippen molar-refractivity contribution in [3.05, 3.63) is 35.9 Å². The van der Waals surface area contributed by atoms with E-state index in [0.29, 0.717) is 12.5 Å². The minimum absolute atomic E-state index is 0.00116. The second-order valence-electron chi connectivity index (χ2n) is 5.62. The summed E-state index contributed by atoms with van der Waals surface area (Å²) in [6.45, 7) is 1.34. The van der Waals surface area contributed by atoms with Gasteiger partial charge in [-0.15, -0.1) is 0 Å². The van der Waals surface area contributed by atoms with Crippen molar-refractivity contribution in [2.45, 2.75) is 31.4 Å². The minimum Gasteiger partial charge on any atom is -0.445 e. The molecule has 1 aliphatic carbocycles. The highest BCUT2D eigenvalue weighted by Crippen LogP contribution is 2.50. The largest absolute Gasteiger partial charge is 0.445 e. The molecule has 1 amide bonds. The fourth-order valence-corrected chi connectivity index (χ4v) is 3.19. The molecule has 3 rings (SSSR count). The molecule has 1 aromatic rings. The number of carbonyl (C=O) groups is 1. The van der Waals surface area contributed by atoms with Crippen molar-refractivity contribution in [1.29, 1.82) is 0 Å². The number of hydrogen-bond donors (Lipinski definition) is 1. The molecule has 2 fully saturated rings. The smallest absolute Gasteiger partial charge is 0.410 e. The fourth-order valence-electron chi connectivity index (χ4n) is 3.19. The predicted octanol–water partition coefficient (Wildman–Crippen LogP) is 2.17. The first-order chi connectivity index (χ1) is 9.23. The Kier molecular flexibility index (Phi) is 3.19. The number of rotatable bonds is 3. The van der Waals surface area contributed by atoms with Gasteiger partial charge in [-0.3, -0.25) is 0 Å². The van der Waals surface area contributed by atoms with E-state index in [1.807, 2.05) is 35.2 Å². The lowest BCUT2D eigenvalue weighted by Crippen LogP contribution is -2.68. The molecule has 1 heterocycles. The monoisotopic (exact) mass is 261 g/mol. The van der Waals surface area contributed by atoms with E-state index in [1.165, 1.54) is 0 Å². The molecule has 1 saturated carbocycles. The van der Waals surface area contributed by atoms with Gasteiger partial charge in [-0.05, 0) is 30.7 Å². The molecule has 1 spiro atoms. The van der Waals surface area contributed by atoms with E-state index in [-0.39, 0.29) is 18.2 Å². The van der Waals surface area contributed by atoms with Crippen LogP contribution in [0.15, 0.2) is 30.3 Å². The summed E-state index contributed by atoms with van der Waals surface area (Å²) in [6.07, 6.45) is 2.67. The number of likely N-dealkylation sites (tertiary alicyclic amines) is 1. The van der Waals surface area contributed by atoms with Crippen LogP contribution >= 0.6 is 0 Å². The number of carbonyl (C=O) groups excluding carboxylic acids is 1. The molecular formula is C15H19NO3. The first kappa shape index (κ1) is 12.5. The van der Waals surface area contributed by atoms with Gasteiger partial charge in [-0.2, -0.15) is 0 Å². The number of nitrogens with zero attached hydrogens (tertiary/aromatic N) is 1. The molecular weight excluding hydrogens is 242 g/mol. The van der Waals surface area contributed by atoms with Gasteiger partial charge in [0.25, 0.3) is 0 Å². The van der Waals surface area contributed by atoms with Crippen molar-refractivity contribution in [3.63, 3.8) is 0 Å². The number of benzene rings is 1. The van der Waals surface area contributed by atoms with Gasteiger partial charge >= 0.3 is 6.09 Å². The van der Waals surface area contributed by atoms with Crippen molar-refractivity contribution in [2.24, 2.45) is 5.92 Å². The Morgan fingerprint density at radius 2 is 2.11 bits per heavy atom. The van der Waals surface area contributed by atoms with Gasteiger partial charge in [0.05, 0.1) is 0 Å². The highest BCUT2D eigenvalue weighted by atomic mass is 16.6. The van der Waals surface area contributed by atoms with Crippen molar-refractivity contribution < 1.29 is 14.6 Å². The topological polar surface area (TPSA) is 49.8 Å². The Hall–Kier alpha value is -1.55. The highest BCUT2D eigenvalue weighted by molar-refractivity contribution is 5.70. The summed E-state index contributed by atoms with van der Waals surface area (Å²) in [6, 6.07) is 9.71. The molecule has 1 saturated heterocycles. The first-order valence-electron chi connectivity index (χ1n) is 6.83. The third-order valence-corrected chi connectivity index (χ3v) is 4.39. The predicted molar refractivity (Wildman–Crippen MR) is 70.5 cm³/mol. The number of ether oxygens (including phenoxy) is 1. The molecule has 0 bridgehead atoms. The van der Waals surface area contributed by atoms with Crippen molar-refractivity contribution in [2.75, 3.05) is 13.2 Å². The van der Waals surface area contributed by atoms with Gasteiger partial charge < -0.3 is 14.7 Å². The maximum Gasteiger partial charge on any atom is 0.410 e. The van der Waals surface area contributed by atoms with Crippen molar-refractivity contribution >= 4 is 6.09 Å². The Balaban J connectivity index is 1.52. The first-order valence-corrected chi connectivity index (χ1v) is 6.83. The van der Waals surface area contributed by atoms with Crippen LogP contribution in [0.25, 0.3) is 0 Å². The maximum atomic E-state index is 12.0. The molecule has 4 nitrogen and oxygen atoms in total. The fraction of sp³-hybridized carbons (Fsp3) is 0.533. The molecule has 2 aliphatic rings. The third kappa shape index (κ3) is 2.21. The molecule has 0 aromatic heterocycles. The minimum atomic E-state index is -0.216. The summed E-state index contributed by atoms with van der Waals surface area (Å²) < 4.78 is 5.36. The second kappa shape index (κ2) is 4.85. The van der Waals surface area contributed by atoms with E-state index >= 15 is 0 Å². The summed E-state index contributed by atoms with van der Waals surface area (Å²) in [7, 11) is 0. The van der Waals surface area contributed by atoms with E-state index in [4.69, 9.17) is 9.84 Å². The van der Waals surface area contributed by atoms with Crippen molar-refractivity contribution in [3.8, 4) is 0 Å². The third-order valence-electron chi connectivity index (χ3n) is 4.39. The maximum absolute atomic E-state index is 12.0. The lowest BCUT2D eigenvalue weighted by molar-refractivity contribution is -0.102. The summed E-state index contributed by atoms with van der Waals surface area (Å²) in [5, 5.41) is 9.08. The van der Waals surface area contributed by atoms with Gasteiger partial charge in [-0.25, -0.2) is 4.79 Å². The summed E-state index contributed by atoms with van der Waals surface area (Å²) in [5.41, 5.74) is 1.01. The zero-order valence-corrected chi connectivity index (χ0v) is 10.9. The van der Waals surface area contributed by atoms with E-state index in [9.17, 15) is 4.79 Å². The van der Waals surface area contributed by atoms with Crippen LogP contribution < -0.4 is 0 Å². The number of amides is 1. The molecule has 1 aromatic carbocycles. The van der Waals surface area contributed by atoms with E-state index < -0.39 is 0 Å². The van der Waals surface area contributed by atoms with Gasteiger partial charge in [0.2, 0.25) is 0 Å². The van der Waals surface area contributed by atoms with E-state index in [0.717, 1.165) is 31.4 Å². The lowest BCUT2D eigenvalue weighted by Gasteiger charge is -2.60. The molecule has 19 heavy (non-hydrogen) atoms. The molecule has 0 unspecified atom stereocenters. The second-order valence-corrected chi connectivity index (χ2v) is 5.62. The van der Waals surface area contributed by atoms with Gasteiger partial charge in [0, 0.05) is 18.7 Å². The zero-order chi connectivity index (χ0) is 13.3. The van der Waals surface area contributed by atoms with Crippen molar-refractivity contribution in [1.82, 2.24) is 4.90 Å². The summed E-state index contributed by atoms with van der Waals surface area (Å²) in [5.74, 6) is 0.365. The molecule has 1 N–H and O–H groups in total.